The molecular weight excluding hydrogens is 381 g/mol. The molecule has 9 heteroatoms. The maximum atomic E-state index is 12.8. The molecule has 1 aromatic heterocycles. The second-order valence-electron chi connectivity index (χ2n) is 6.59. The SMILES string of the molecule is CC1CCN(c2ccc(C(=O)Nc3cc(C(F)(F)F)ccc3Cl)nn2)CC1. The third kappa shape index (κ3) is 4.68. The van der Waals surface area contributed by atoms with Gasteiger partial charge in [-0.2, -0.15) is 13.2 Å². The number of nitrogens with one attached hydrogen (secondary N) is 1. The summed E-state index contributed by atoms with van der Waals surface area (Å²) in [6.07, 6.45) is -2.40. The molecule has 3 rings (SSSR count). The van der Waals surface area contributed by atoms with Crippen molar-refractivity contribution < 1.29 is 18.0 Å². The van der Waals surface area contributed by atoms with Gasteiger partial charge in [0.25, 0.3) is 5.91 Å². The van der Waals surface area contributed by atoms with Gasteiger partial charge in [-0.1, -0.05) is 18.5 Å². The van der Waals surface area contributed by atoms with Gasteiger partial charge in [-0.05, 0) is 49.1 Å². The van der Waals surface area contributed by atoms with E-state index in [1.165, 1.54) is 6.07 Å². The standard InChI is InChI=1S/C18H18ClF3N4O/c1-11-6-8-26(9-7-11)16-5-4-14(24-25-16)17(27)23-15-10-12(18(20,21)22)2-3-13(15)19/h2-5,10-11H,6-9H2,1H3,(H,23,27). The summed E-state index contributed by atoms with van der Waals surface area (Å²) in [6.45, 7) is 3.96. The Kier molecular flexibility index (Phi) is 5.55. The number of piperidine rings is 1. The van der Waals surface area contributed by atoms with Crippen molar-refractivity contribution >= 4 is 29.0 Å². The Hall–Kier alpha value is -2.35. The lowest BCUT2D eigenvalue weighted by Gasteiger charge is -2.30. The van der Waals surface area contributed by atoms with Crippen LogP contribution < -0.4 is 10.2 Å². The summed E-state index contributed by atoms with van der Waals surface area (Å²) in [6, 6.07) is 5.91. The predicted octanol–water partition coefficient (Wildman–Crippen LogP) is 4.64. The van der Waals surface area contributed by atoms with Gasteiger partial charge in [-0.15, -0.1) is 10.2 Å². The largest absolute Gasteiger partial charge is 0.416 e. The molecule has 5 nitrogen and oxygen atoms in total. The highest BCUT2D eigenvalue weighted by molar-refractivity contribution is 6.33. The summed E-state index contributed by atoms with van der Waals surface area (Å²) >= 11 is 5.89. The lowest BCUT2D eigenvalue weighted by atomic mass is 9.99. The summed E-state index contributed by atoms with van der Waals surface area (Å²) in [4.78, 5) is 14.4. The molecular formula is C18H18ClF3N4O. The molecule has 2 aromatic rings. The van der Waals surface area contributed by atoms with Gasteiger partial charge in [-0.3, -0.25) is 4.79 Å². The molecule has 1 N–H and O–H groups in total. The number of carbonyl (C=O) groups excluding carboxylic acids is 1. The third-order valence-electron chi connectivity index (χ3n) is 4.53. The molecule has 0 unspecified atom stereocenters. The predicted molar refractivity (Wildman–Crippen MR) is 97.1 cm³/mol. The minimum absolute atomic E-state index is 0.00222. The van der Waals surface area contributed by atoms with Crippen LogP contribution in [-0.2, 0) is 6.18 Å². The summed E-state index contributed by atoms with van der Waals surface area (Å²) in [7, 11) is 0. The van der Waals surface area contributed by atoms with E-state index in [9.17, 15) is 18.0 Å². The van der Waals surface area contributed by atoms with Gasteiger partial charge in [0.2, 0.25) is 0 Å². The molecule has 1 amide bonds. The van der Waals surface area contributed by atoms with E-state index in [0.29, 0.717) is 11.7 Å². The van der Waals surface area contributed by atoms with E-state index in [1.54, 1.807) is 6.07 Å². The molecule has 0 spiro atoms. The van der Waals surface area contributed by atoms with E-state index in [-0.39, 0.29) is 16.4 Å². The molecule has 0 aliphatic carbocycles. The molecule has 0 atom stereocenters. The summed E-state index contributed by atoms with van der Waals surface area (Å²) in [5.41, 5.74) is -1.03. The van der Waals surface area contributed by atoms with Gasteiger partial charge in [0, 0.05) is 13.1 Å². The van der Waals surface area contributed by atoms with Gasteiger partial charge in [0.15, 0.2) is 11.5 Å². The Morgan fingerprint density at radius 2 is 1.89 bits per heavy atom. The normalized spacial score (nSPS) is 15.7. The first-order valence-corrected chi connectivity index (χ1v) is 8.88. The van der Waals surface area contributed by atoms with Crippen molar-refractivity contribution in [3.8, 4) is 0 Å². The molecule has 0 saturated carbocycles. The molecule has 2 heterocycles. The lowest BCUT2D eigenvalue weighted by Crippen LogP contribution is -2.33. The number of hydrogen-bond acceptors (Lipinski definition) is 4. The second-order valence-corrected chi connectivity index (χ2v) is 7.00. The van der Waals surface area contributed by atoms with E-state index < -0.39 is 17.6 Å². The highest BCUT2D eigenvalue weighted by Crippen LogP contribution is 2.34. The van der Waals surface area contributed by atoms with E-state index in [0.717, 1.165) is 44.1 Å². The molecule has 144 valence electrons. The van der Waals surface area contributed by atoms with Crippen molar-refractivity contribution in [3.05, 3.63) is 46.6 Å². The first-order chi connectivity index (χ1) is 12.7. The van der Waals surface area contributed by atoms with Crippen LogP contribution in [0.3, 0.4) is 0 Å². The molecule has 1 aromatic carbocycles. The molecule has 1 aliphatic heterocycles. The second kappa shape index (κ2) is 7.72. The number of alkyl halides is 3. The van der Waals surface area contributed by atoms with Crippen LogP contribution in [-0.4, -0.2) is 29.2 Å². The molecule has 0 radical (unpaired) electrons. The van der Waals surface area contributed by atoms with Crippen molar-refractivity contribution in [3.63, 3.8) is 0 Å². The Bertz CT molecular complexity index is 818. The van der Waals surface area contributed by atoms with E-state index in [2.05, 4.69) is 27.3 Å². The highest BCUT2D eigenvalue weighted by Gasteiger charge is 2.31. The van der Waals surface area contributed by atoms with Crippen molar-refractivity contribution in [1.29, 1.82) is 0 Å². The summed E-state index contributed by atoms with van der Waals surface area (Å²) in [5, 5.41) is 10.3. The minimum Gasteiger partial charge on any atom is -0.355 e. The molecule has 1 saturated heterocycles. The number of anilines is 2. The average molecular weight is 399 g/mol. The van der Waals surface area contributed by atoms with Crippen molar-refractivity contribution in [2.45, 2.75) is 25.9 Å². The van der Waals surface area contributed by atoms with Gasteiger partial charge in [0.1, 0.15) is 0 Å². The monoisotopic (exact) mass is 398 g/mol. The van der Waals surface area contributed by atoms with E-state index in [1.807, 2.05) is 0 Å². The Labute approximate surface area is 159 Å². The fourth-order valence-electron chi connectivity index (χ4n) is 2.84. The average Bonchev–Trinajstić information content (AvgIpc) is 2.63. The number of amides is 1. The van der Waals surface area contributed by atoms with Crippen molar-refractivity contribution in [1.82, 2.24) is 10.2 Å². The Balaban J connectivity index is 1.71. The number of rotatable bonds is 3. The maximum absolute atomic E-state index is 12.8. The van der Waals surface area contributed by atoms with Crippen LogP contribution in [0.5, 0.6) is 0 Å². The van der Waals surface area contributed by atoms with E-state index in [4.69, 9.17) is 11.6 Å². The summed E-state index contributed by atoms with van der Waals surface area (Å²) in [5.74, 6) is 0.676. The first-order valence-electron chi connectivity index (χ1n) is 8.51. The zero-order valence-electron chi connectivity index (χ0n) is 14.6. The number of carbonyl (C=O) groups is 1. The van der Waals surface area contributed by atoms with Crippen LogP contribution in [0.2, 0.25) is 5.02 Å². The Morgan fingerprint density at radius 1 is 1.19 bits per heavy atom. The smallest absolute Gasteiger partial charge is 0.355 e. The molecule has 0 bridgehead atoms. The van der Waals surface area contributed by atoms with Gasteiger partial charge in [-0.25, -0.2) is 0 Å². The van der Waals surface area contributed by atoms with Crippen molar-refractivity contribution in [2.75, 3.05) is 23.3 Å². The lowest BCUT2D eigenvalue weighted by molar-refractivity contribution is -0.137. The van der Waals surface area contributed by atoms with Crippen molar-refractivity contribution in [2.24, 2.45) is 5.92 Å². The number of aromatic nitrogens is 2. The Morgan fingerprint density at radius 3 is 2.48 bits per heavy atom. The number of hydrogen-bond donors (Lipinski definition) is 1. The number of halogens is 4. The van der Waals surface area contributed by atoms with Crippen LogP contribution in [0.1, 0.15) is 35.8 Å². The first kappa shape index (κ1) is 19.4. The fourth-order valence-corrected chi connectivity index (χ4v) is 3.00. The highest BCUT2D eigenvalue weighted by atomic mass is 35.5. The van der Waals surface area contributed by atoms with E-state index >= 15 is 0 Å². The van der Waals surface area contributed by atoms with Crippen LogP contribution in [0, 0.1) is 5.92 Å². The quantitative estimate of drug-likeness (QED) is 0.818. The van der Waals surface area contributed by atoms with Crippen LogP contribution in [0.15, 0.2) is 30.3 Å². The molecule has 27 heavy (non-hydrogen) atoms. The van der Waals surface area contributed by atoms with Gasteiger partial charge in [0.05, 0.1) is 16.3 Å². The topological polar surface area (TPSA) is 58.1 Å². The van der Waals surface area contributed by atoms with Crippen LogP contribution in [0.4, 0.5) is 24.7 Å². The zero-order valence-corrected chi connectivity index (χ0v) is 15.3. The molecule has 1 aliphatic rings. The van der Waals surface area contributed by atoms with Crippen LogP contribution in [0.25, 0.3) is 0 Å². The minimum atomic E-state index is -4.53. The number of benzene rings is 1. The van der Waals surface area contributed by atoms with Gasteiger partial charge < -0.3 is 10.2 Å². The molecule has 1 fully saturated rings. The summed E-state index contributed by atoms with van der Waals surface area (Å²) < 4.78 is 38.5. The van der Waals surface area contributed by atoms with Crippen LogP contribution >= 0.6 is 11.6 Å². The van der Waals surface area contributed by atoms with Gasteiger partial charge >= 0.3 is 6.18 Å². The third-order valence-corrected chi connectivity index (χ3v) is 4.86. The number of nitrogens with zero attached hydrogens (tertiary/aromatic N) is 3. The fraction of sp³-hybridized carbons (Fsp3) is 0.389. The zero-order chi connectivity index (χ0) is 19.6. The maximum Gasteiger partial charge on any atom is 0.416 e.